The number of hydrogen-bond donors (Lipinski definition) is 0. The van der Waals surface area contributed by atoms with E-state index in [0.29, 0.717) is 5.92 Å². The number of nitrogens with zero attached hydrogens (tertiary/aromatic N) is 3. The SMILES string of the molecule is COc1ccccc1N1CCN(CC[C@@H](c2ccccc2F)[C@@H](C2CCCCC2)N(C)C(C)=O)CC1. The molecule has 1 heterocycles. The van der Waals surface area contributed by atoms with Crippen molar-refractivity contribution in [1.82, 2.24) is 9.80 Å². The van der Waals surface area contributed by atoms with Gasteiger partial charge in [0, 0.05) is 52.1 Å². The number of methoxy groups -OCH3 is 1. The Morgan fingerprint density at radius 2 is 1.69 bits per heavy atom. The van der Waals surface area contributed by atoms with E-state index in [9.17, 15) is 4.79 Å². The van der Waals surface area contributed by atoms with Gasteiger partial charge < -0.3 is 14.5 Å². The van der Waals surface area contributed by atoms with E-state index < -0.39 is 0 Å². The molecule has 6 heteroatoms. The van der Waals surface area contributed by atoms with E-state index >= 15 is 4.39 Å². The number of benzene rings is 2. The van der Waals surface area contributed by atoms with E-state index in [4.69, 9.17) is 4.74 Å². The third kappa shape index (κ3) is 6.20. The van der Waals surface area contributed by atoms with Crippen LogP contribution in [0, 0.1) is 11.7 Å². The third-order valence-corrected chi connectivity index (χ3v) is 8.35. The van der Waals surface area contributed by atoms with Gasteiger partial charge in [0.15, 0.2) is 0 Å². The summed E-state index contributed by atoms with van der Waals surface area (Å²) in [6, 6.07) is 15.4. The van der Waals surface area contributed by atoms with Gasteiger partial charge in [-0.2, -0.15) is 0 Å². The van der Waals surface area contributed by atoms with Crippen LogP contribution in [0.4, 0.5) is 10.1 Å². The summed E-state index contributed by atoms with van der Waals surface area (Å²) < 4.78 is 20.7. The van der Waals surface area contributed by atoms with Crippen LogP contribution in [0.3, 0.4) is 0 Å². The fraction of sp³-hybridized carbons (Fsp3) is 0.567. The Morgan fingerprint density at radius 1 is 1.03 bits per heavy atom. The van der Waals surface area contributed by atoms with Gasteiger partial charge in [-0.3, -0.25) is 9.69 Å². The lowest BCUT2D eigenvalue weighted by Crippen LogP contribution is -2.49. The van der Waals surface area contributed by atoms with Gasteiger partial charge in [-0.25, -0.2) is 4.39 Å². The summed E-state index contributed by atoms with van der Waals surface area (Å²) in [6.07, 6.45) is 6.72. The van der Waals surface area contributed by atoms with E-state index in [1.165, 1.54) is 19.3 Å². The third-order valence-electron chi connectivity index (χ3n) is 8.35. The van der Waals surface area contributed by atoms with E-state index in [2.05, 4.69) is 21.9 Å². The van der Waals surface area contributed by atoms with Crippen LogP contribution in [-0.4, -0.2) is 68.6 Å². The molecule has 2 aromatic carbocycles. The number of anilines is 1. The molecule has 0 bridgehead atoms. The second-order valence-electron chi connectivity index (χ2n) is 10.4. The highest BCUT2D eigenvalue weighted by Crippen LogP contribution is 2.39. The standard InChI is InChI=1S/C30H42FN3O2/c1-23(35)32(2)30(24-11-5-4-6-12-24)26(25-13-7-8-14-27(25)31)17-18-33-19-21-34(22-20-33)28-15-9-10-16-29(28)36-3/h7-10,13-16,24,26,30H,4-6,11-12,17-22H2,1-3H3/t26-,30+/m0/s1. The average molecular weight is 496 g/mol. The molecule has 1 saturated heterocycles. The Labute approximate surface area is 216 Å². The second-order valence-corrected chi connectivity index (χ2v) is 10.4. The molecule has 36 heavy (non-hydrogen) atoms. The molecule has 5 nitrogen and oxygen atoms in total. The first kappa shape index (κ1) is 26.5. The minimum atomic E-state index is -0.152. The van der Waals surface area contributed by atoms with Gasteiger partial charge in [0.25, 0.3) is 0 Å². The van der Waals surface area contributed by atoms with Gasteiger partial charge in [-0.15, -0.1) is 0 Å². The van der Waals surface area contributed by atoms with Gasteiger partial charge in [0.1, 0.15) is 11.6 Å². The Bertz CT molecular complexity index is 986. The molecule has 196 valence electrons. The Kier molecular flexibility index (Phi) is 9.24. The average Bonchev–Trinajstić information content (AvgIpc) is 2.92. The molecule has 1 saturated carbocycles. The minimum Gasteiger partial charge on any atom is -0.495 e. The molecule has 1 amide bonds. The number of ether oxygens (including phenoxy) is 1. The van der Waals surface area contributed by atoms with Crippen molar-refractivity contribution in [2.24, 2.45) is 5.92 Å². The monoisotopic (exact) mass is 495 g/mol. The van der Waals surface area contributed by atoms with Crippen LogP contribution >= 0.6 is 0 Å². The van der Waals surface area contributed by atoms with Crippen LogP contribution in [0.25, 0.3) is 0 Å². The van der Waals surface area contributed by atoms with Gasteiger partial charge in [-0.1, -0.05) is 49.6 Å². The van der Waals surface area contributed by atoms with Crippen LogP contribution in [0.1, 0.15) is 56.9 Å². The summed E-state index contributed by atoms with van der Waals surface area (Å²) in [7, 11) is 3.64. The highest BCUT2D eigenvalue weighted by molar-refractivity contribution is 5.73. The predicted molar refractivity (Wildman–Crippen MR) is 144 cm³/mol. The number of rotatable bonds is 9. The van der Waals surface area contributed by atoms with Gasteiger partial charge in [0.2, 0.25) is 5.91 Å². The molecule has 0 aromatic heterocycles. The molecule has 2 aromatic rings. The van der Waals surface area contributed by atoms with Crippen molar-refractivity contribution in [1.29, 1.82) is 0 Å². The van der Waals surface area contributed by atoms with Gasteiger partial charge in [0.05, 0.1) is 12.8 Å². The number of hydrogen-bond acceptors (Lipinski definition) is 4. The lowest BCUT2D eigenvalue weighted by atomic mass is 9.74. The first-order valence-electron chi connectivity index (χ1n) is 13.6. The zero-order valence-electron chi connectivity index (χ0n) is 22.2. The van der Waals surface area contributed by atoms with Crippen LogP contribution in [0.2, 0.25) is 0 Å². The smallest absolute Gasteiger partial charge is 0.219 e. The molecular weight excluding hydrogens is 453 g/mol. The van der Waals surface area contributed by atoms with Crippen LogP contribution in [0.15, 0.2) is 48.5 Å². The summed E-state index contributed by atoms with van der Waals surface area (Å²) in [4.78, 5) is 19.4. The Balaban J connectivity index is 1.49. The summed E-state index contributed by atoms with van der Waals surface area (Å²) in [6.45, 7) is 6.32. The summed E-state index contributed by atoms with van der Waals surface area (Å²) in [5.41, 5.74) is 1.90. The van der Waals surface area contributed by atoms with Crippen molar-refractivity contribution in [3.05, 3.63) is 59.9 Å². The lowest BCUT2D eigenvalue weighted by molar-refractivity contribution is -0.131. The molecular formula is C30H42FN3O2. The minimum absolute atomic E-state index is 0.0181. The zero-order chi connectivity index (χ0) is 25.5. The quantitative estimate of drug-likeness (QED) is 0.457. The van der Waals surface area contributed by atoms with Gasteiger partial charge in [-0.05, 0) is 55.5 Å². The van der Waals surface area contributed by atoms with Crippen LogP contribution < -0.4 is 9.64 Å². The predicted octanol–water partition coefficient (Wildman–Crippen LogP) is 5.56. The summed E-state index contributed by atoms with van der Waals surface area (Å²) >= 11 is 0. The van der Waals surface area contributed by atoms with Crippen molar-refractivity contribution in [3.63, 3.8) is 0 Å². The number of piperazine rings is 1. The molecule has 0 radical (unpaired) electrons. The molecule has 1 aliphatic carbocycles. The fourth-order valence-corrected chi connectivity index (χ4v) is 6.31. The van der Waals surface area contributed by atoms with E-state index in [0.717, 1.165) is 69.0 Å². The maximum atomic E-state index is 15.2. The van der Waals surface area contributed by atoms with E-state index in [1.807, 2.05) is 36.2 Å². The van der Waals surface area contributed by atoms with Crippen molar-refractivity contribution in [2.75, 3.05) is 51.8 Å². The summed E-state index contributed by atoms with van der Waals surface area (Å²) in [5, 5.41) is 0. The molecule has 2 atom stereocenters. The molecule has 4 rings (SSSR count). The largest absolute Gasteiger partial charge is 0.495 e. The molecule has 0 spiro atoms. The maximum absolute atomic E-state index is 15.2. The second kappa shape index (κ2) is 12.6. The highest BCUT2D eigenvalue weighted by atomic mass is 19.1. The van der Waals surface area contributed by atoms with Crippen LogP contribution in [0.5, 0.6) is 5.75 Å². The van der Waals surface area contributed by atoms with Crippen molar-refractivity contribution >= 4 is 11.6 Å². The van der Waals surface area contributed by atoms with Crippen molar-refractivity contribution in [2.45, 2.75) is 57.4 Å². The number of likely N-dealkylation sites (N-methyl/N-ethyl adjacent to an activating group) is 1. The van der Waals surface area contributed by atoms with Crippen molar-refractivity contribution < 1.29 is 13.9 Å². The van der Waals surface area contributed by atoms with Crippen LogP contribution in [-0.2, 0) is 4.79 Å². The molecule has 0 N–H and O–H groups in total. The first-order chi connectivity index (χ1) is 17.5. The Hall–Kier alpha value is -2.60. The van der Waals surface area contributed by atoms with E-state index in [1.54, 1.807) is 26.2 Å². The molecule has 2 fully saturated rings. The van der Waals surface area contributed by atoms with Gasteiger partial charge >= 0.3 is 0 Å². The van der Waals surface area contributed by atoms with E-state index in [-0.39, 0.29) is 23.7 Å². The summed E-state index contributed by atoms with van der Waals surface area (Å²) in [5.74, 6) is 1.22. The number of para-hydroxylation sites is 2. The fourth-order valence-electron chi connectivity index (χ4n) is 6.31. The number of halogens is 1. The zero-order valence-corrected chi connectivity index (χ0v) is 22.2. The van der Waals surface area contributed by atoms with Crippen molar-refractivity contribution in [3.8, 4) is 5.75 Å². The normalized spacial score (nSPS) is 19.1. The Morgan fingerprint density at radius 3 is 2.36 bits per heavy atom. The molecule has 2 aliphatic rings. The first-order valence-corrected chi connectivity index (χ1v) is 13.6. The number of carbonyl (C=O) groups is 1. The number of amides is 1. The highest BCUT2D eigenvalue weighted by Gasteiger charge is 2.37. The number of carbonyl (C=O) groups excluding carboxylic acids is 1. The topological polar surface area (TPSA) is 36.0 Å². The maximum Gasteiger partial charge on any atom is 0.219 e. The molecule has 0 unspecified atom stereocenters. The molecule has 1 aliphatic heterocycles. The lowest BCUT2D eigenvalue weighted by Gasteiger charge is -2.43.